The van der Waals surface area contributed by atoms with E-state index in [0.29, 0.717) is 17.3 Å². The van der Waals surface area contributed by atoms with Gasteiger partial charge in [-0.3, -0.25) is 15.0 Å². The lowest BCUT2D eigenvalue weighted by molar-refractivity contribution is 0.0946. The zero-order chi connectivity index (χ0) is 19.3. The van der Waals surface area contributed by atoms with Crippen LogP contribution >= 0.6 is 0 Å². The van der Waals surface area contributed by atoms with Crippen LogP contribution in [0.5, 0.6) is 0 Å². The van der Waals surface area contributed by atoms with Crippen molar-refractivity contribution in [3.63, 3.8) is 0 Å². The number of pyridine rings is 2. The molecule has 2 aliphatic heterocycles. The van der Waals surface area contributed by atoms with Gasteiger partial charge in [-0.1, -0.05) is 6.07 Å². The Morgan fingerprint density at radius 3 is 2.75 bits per heavy atom. The topological polar surface area (TPSA) is 90.5 Å². The third-order valence-electron chi connectivity index (χ3n) is 5.46. The number of urea groups is 1. The fraction of sp³-hybridized carbons (Fsp3) is 0.400. The van der Waals surface area contributed by atoms with Crippen LogP contribution in [0.3, 0.4) is 0 Å². The maximum atomic E-state index is 13.1. The molecule has 1 saturated heterocycles. The molecule has 2 bridgehead atoms. The first-order chi connectivity index (χ1) is 13.6. The van der Waals surface area contributed by atoms with Gasteiger partial charge in [0.25, 0.3) is 5.91 Å². The van der Waals surface area contributed by atoms with Gasteiger partial charge < -0.3 is 10.2 Å². The smallest absolute Gasteiger partial charge is 0.329 e. The molecule has 5 rings (SSSR count). The number of nitrogens with zero attached hydrogens (tertiary/aromatic N) is 4. The Hall–Kier alpha value is -3.16. The quantitative estimate of drug-likeness (QED) is 0.855. The summed E-state index contributed by atoms with van der Waals surface area (Å²) in [6.07, 6.45) is 4.62. The number of aryl methyl sites for hydroxylation is 1. The molecule has 2 aromatic heterocycles. The summed E-state index contributed by atoms with van der Waals surface area (Å²) in [7, 11) is 0. The summed E-state index contributed by atoms with van der Waals surface area (Å²) in [5.74, 6) is 0.862. The van der Waals surface area contributed by atoms with Crippen molar-refractivity contribution in [2.45, 2.75) is 38.3 Å². The Morgan fingerprint density at radius 2 is 2.00 bits per heavy atom. The number of anilines is 3. The van der Waals surface area contributed by atoms with E-state index in [1.165, 1.54) is 0 Å². The van der Waals surface area contributed by atoms with Gasteiger partial charge in [0.1, 0.15) is 11.5 Å². The molecule has 2 fully saturated rings. The highest BCUT2D eigenvalue weighted by molar-refractivity contribution is 6.05. The van der Waals surface area contributed by atoms with Crippen molar-refractivity contribution >= 4 is 29.3 Å². The van der Waals surface area contributed by atoms with Crippen LogP contribution in [0.4, 0.5) is 22.1 Å². The maximum Gasteiger partial charge on any atom is 0.329 e. The molecule has 2 N–H and O–H groups in total. The molecule has 28 heavy (non-hydrogen) atoms. The number of carbonyl (C=O) groups is 2. The summed E-state index contributed by atoms with van der Waals surface area (Å²) < 4.78 is 0. The van der Waals surface area contributed by atoms with Crippen molar-refractivity contribution in [2.75, 3.05) is 28.2 Å². The van der Waals surface area contributed by atoms with E-state index in [9.17, 15) is 9.59 Å². The summed E-state index contributed by atoms with van der Waals surface area (Å²) in [4.78, 5) is 38.3. The number of aromatic nitrogens is 2. The van der Waals surface area contributed by atoms with Crippen LogP contribution in [0.1, 0.15) is 35.3 Å². The van der Waals surface area contributed by atoms with Gasteiger partial charge >= 0.3 is 6.03 Å². The van der Waals surface area contributed by atoms with Crippen LogP contribution in [0.15, 0.2) is 30.5 Å². The molecule has 1 aliphatic carbocycles. The van der Waals surface area contributed by atoms with Crippen molar-refractivity contribution in [1.82, 2.24) is 15.3 Å². The zero-order valence-electron chi connectivity index (χ0n) is 15.7. The first-order valence-electron chi connectivity index (χ1n) is 9.68. The molecule has 3 amide bonds. The predicted octanol–water partition coefficient (Wildman–Crippen LogP) is 2.31. The first-order valence-corrected chi connectivity index (χ1v) is 9.68. The third-order valence-corrected chi connectivity index (χ3v) is 5.46. The Bertz CT molecular complexity index is 940. The summed E-state index contributed by atoms with van der Waals surface area (Å²) in [5.41, 5.74) is 2.27. The van der Waals surface area contributed by atoms with Gasteiger partial charge in [-0.2, -0.15) is 0 Å². The molecule has 3 aliphatic rings. The molecule has 0 spiro atoms. The number of hydrogen-bond acceptors (Lipinski definition) is 5. The van der Waals surface area contributed by atoms with E-state index in [2.05, 4.69) is 25.5 Å². The lowest BCUT2D eigenvalue weighted by Gasteiger charge is -2.35. The van der Waals surface area contributed by atoms with Crippen molar-refractivity contribution < 1.29 is 9.59 Å². The van der Waals surface area contributed by atoms with Crippen molar-refractivity contribution in [3.05, 3.63) is 41.7 Å². The minimum atomic E-state index is -0.267. The fourth-order valence-electron chi connectivity index (χ4n) is 3.80. The largest absolute Gasteiger partial charge is 0.366 e. The number of amides is 3. The van der Waals surface area contributed by atoms with E-state index >= 15 is 0 Å². The first kappa shape index (κ1) is 17.0. The molecule has 1 atom stereocenters. The summed E-state index contributed by atoms with van der Waals surface area (Å²) in [6, 6.07) is 7.36. The molecular formula is C20H22N6O2. The Labute approximate surface area is 163 Å². The van der Waals surface area contributed by atoms with E-state index in [4.69, 9.17) is 0 Å². The number of rotatable bonds is 3. The summed E-state index contributed by atoms with van der Waals surface area (Å²) >= 11 is 0. The Kier molecular flexibility index (Phi) is 3.92. The lowest BCUT2D eigenvalue weighted by Crippen LogP contribution is -2.48. The van der Waals surface area contributed by atoms with Crippen LogP contribution in [-0.2, 0) is 0 Å². The second-order valence-electron chi connectivity index (χ2n) is 7.70. The Morgan fingerprint density at radius 1 is 1.14 bits per heavy atom. The van der Waals surface area contributed by atoms with Crippen molar-refractivity contribution in [3.8, 4) is 0 Å². The molecule has 0 aromatic carbocycles. The van der Waals surface area contributed by atoms with E-state index in [1.54, 1.807) is 23.2 Å². The van der Waals surface area contributed by atoms with Gasteiger partial charge in [0.15, 0.2) is 5.82 Å². The number of nitrogens with one attached hydrogen (secondary N) is 2. The highest BCUT2D eigenvalue weighted by atomic mass is 16.2. The van der Waals surface area contributed by atoms with Gasteiger partial charge in [-0.15, -0.1) is 0 Å². The SMILES string of the molecule is Cc1ccc(NC(=O)N2c3nc(C(=O)NC4CC4)ccc3N3CC[C@H]2C3)nc1. The van der Waals surface area contributed by atoms with Crippen LogP contribution in [0.25, 0.3) is 0 Å². The second kappa shape index (κ2) is 6.47. The van der Waals surface area contributed by atoms with Gasteiger partial charge in [-0.05, 0) is 49.9 Å². The minimum Gasteiger partial charge on any atom is -0.366 e. The molecule has 2 aromatic rings. The monoisotopic (exact) mass is 378 g/mol. The van der Waals surface area contributed by atoms with Crippen LogP contribution in [0, 0.1) is 6.92 Å². The van der Waals surface area contributed by atoms with E-state index in [-0.39, 0.29) is 24.0 Å². The molecule has 0 radical (unpaired) electrons. The van der Waals surface area contributed by atoms with Gasteiger partial charge in [-0.25, -0.2) is 14.8 Å². The van der Waals surface area contributed by atoms with Crippen LogP contribution < -0.4 is 20.4 Å². The molecule has 0 unspecified atom stereocenters. The average Bonchev–Trinajstić information content (AvgIpc) is 3.41. The van der Waals surface area contributed by atoms with E-state index < -0.39 is 0 Å². The standard InChI is InChI=1S/C20H22N6O2/c1-12-2-7-17(21-10-12)24-20(28)26-14-8-9-25(11-14)16-6-5-15(23-18(16)26)19(27)22-13-3-4-13/h2,5-7,10,13-14H,3-4,8-9,11H2,1H3,(H,22,27)(H,21,24,28)/t14-/m0/s1. The van der Waals surface area contributed by atoms with Crippen LogP contribution in [0.2, 0.25) is 0 Å². The van der Waals surface area contributed by atoms with Crippen molar-refractivity contribution in [2.24, 2.45) is 0 Å². The number of hydrogen-bond donors (Lipinski definition) is 2. The van der Waals surface area contributed by atoms with E-state index in [0.717, 1.165) is 43.6 Å². The van der Waals surface area contributed by atoms with Gasteiger partial charge in [0.2, 0.25) is 0 Å². The minimum absolute atomic E-state index is 0.0344. The highest BCUT2D eigenvalue weighted by Crippen LogP contribution is 2.39. The molecular weight excluding hydrogens is 356 g/mol. The molecule has 144 valence electrons. The molecule has 1 saturated carbocycles. The maximum absolute atomic E-state index is 13.1. The van der Waals surface area contributed by atoms with Crippen LogP contribution in [-0.4, -0.2) is 47.1 Å². The normalized spacial score (nSPS) is 20.0. The third kappa shape index (κ3) is 3.04. The molecule has 8 heteroatoms. The van der Waals surface area contributed by atoms with Gasteiger partial charge in [0.05, 0.1) is 11.7 Å². The van der Waals surface area contributed by atoms with Gasteiger partial charge in [0, 0.05) is 25.3 Å². The number of fused-ring (bicyclic) bond motifs is 4. The van der Waals surface area contributed by atoms with Crippen molar-refractivity contribution in [1.29, 1.82) is 0 Å². The second-order valence-corrected chi connectivity index (χ2v) is 7.70. The average molecular weight is 378 g/mol. The fourth-order valence-corrected chi connectivity index (χ4v) is 3.80. The highest BCUT2D eigenvalue weighted by Gasteiger charge is 2.40. The predicted molar refractivity (Wildman–Crippen MR) is 106 cm³/mol. The lowest BCUT2D eigenvalue weighted by atomic mass is 10.1. The van der Waals surface area contributed by atoms with E-state index in [1.807, 2.05) is 19.1 Å². The molecule has 4 heterocycles. The number of carbonyl (C=O) groups excluding carboxylic acids is 2. The zero-order valence-corrected chi connectivity index (χ0v) is 15.7. The summed E-state index contributed by atoms with van der Waals surface area (Å²) in [6.45, 7) is 3.60. The Balaban J connectivity index is 1.45. The summed E-state index contributed by atoms with van der Waals surface area (Å²) in [5, 5.41) is 5.83. The molecule has 8 nitrogen and oxygen atoms in total.